The van der Waals surface area contributed by atoms with Crippen LogP contribution in [0.25, 0.3) is 10.9 Å². The van der Waals surface area contributed by atoms with Crippen LogP contribution in [-0.2, 0) is 6.18 Å². The first-order valence-corrected chi connectivity index (χ1v) is 5.51. The first-order valence-electron chi connectivity index (χ1n) is 4.84. The second-order valence-electron chi connectivity index (χ2n) is 3.49. The van der Waals surface area contributed by atoms with E-state index >= 15 is 0 Å². The van der Waals surface area contributed by atoms with E-state index in [0.717, 1.165) is 6.07 Å². The van der Waals surface area contributed by atoms with Crippen molar-refractivity contribution in [3.8, 4) is 5.88 Å². The molecule has 102 valence electrons. The average molecular weight is 294 g/mol. The van der Waals surface area contributed by atoms with E-state index in [0.29, 0.717) is 10.2 Å². The molecule has 0 atom stereocenters. The van der Waals surface area contributed by atoms with Crippen molar-refractivity contribution in [1.29, 1.82) is 0 Å². The van der Waals surface area contributed by atoms with Crippen LogP contribution in [0.3, 0.4) is 0 Å². The van der Waals surface area contributed by atoms with Gasteiger partial charge in [-0.1, -0.05) is 0 Å². The van der Waals surface area contributed by atoms with Gasteiger partial charge in [-0.3, -0.25) is 4.79 Å². The summed E-state index contributed by atoms with van der Waals surface area (Å²) in [7, 11) is 1.19. The number of methoxy groups -OCH3 is 1. The highest BCUT2D eigenvalue weighted by atomic mass is 32.2. The second kappa shape index (κ2) is 4.72. The van der Waals surface area contributed by atoms with Crippen molar-refractivity contribution < 1.29 is 26.6 Å². The predicted molar refractivity (Wildman–Crippen MR) is 60.8 cm³/mol. The number of hydrogen-bond acceptors (Lipinski definition) is 4. The first-order chi connectivity index (χ1) is 8.93. The quantitative estimate of drug-likeness (QED) is 0.644. The number of aromatic nitrogens is 2. The highest BCUT2D eigenvalue weighted by Gasteiger charge is 2.35. The maximum absolute atomic E-state index is 12.8. The van der Waals surface area contributed by atoms with Crippen LogP contribution in [0, 0.1) is 0 Å². The van der Waals surface area contributed by atoms with Crippen molar-refractivity contribution in [2.75, 3.05) is 7.11 Å². The summed E-state index contributed by atoms with van der Waals surface area (Å²) in [5.74, 6) is -0.193. The van der Waals surface area contributed by atoms with Crippen molar-refractivity contribution >= 4 is 29.5 Å². The molecule has 2 heterocycles. The second-order valence-corrected chi connectivity index (χ2v) is 3.99. The number of aldehydes is 1. The Balaban J connectivity index is 2.92. The standard InChI is InChI=1S/C10H6F4N2O2S/c1-18-9-8-6(2-5(4-17)16(8)19-14)7(3-15-9)10(11,12)13/h2-4H,1H3. The number of hydrogen-bond donors (Lipinski definition) is 0. The van der Waals surface area contributed by atoms with E-state index in [-0.39, 0.29) is 28.8 Å². The minimum atomic E-state index is -4.66. The number of nitrogens with zero attached hydrogens (tertiary/aromatic N) is 2. The predicted octanol–water partition coefficient (Wildman–Crippen LogP) is 3.26. The summed E-state index contributed by atoms with van der Waals surface area (Å²) in [5.41, 5.74) is -1.54. The van der Waals surface area contributed by atoms with E-state index in [1.54, 1.807) is 0 Å². The highest BCUT2D eigenvalue weighted by molar-refractivity contribution is 7.93. The molecule has 0 amide bonds. The molecule has 0 radical (unpaired) electrons. The average Bonchev–Trinajstić information content (AvgIpc) is 2.74. The Morgan fingerprint density at radius 1 is 1.47 bits per heavy atom. The minimum absolute atomic E-state index is 0.193. The Morgan fingerprint density at radius 2 is 2.16 bits per heavy atom. The maximum Gasteiger partial charge on any atom is 0.418 e. The molecule has 0 fully saturated rings. The zero-order chi connectivity index (χ0) is 14.2. The topological polar surface area (TPSA) is 44.1 Å². The molecule has 0 aliphatic rings. The van der Waals surface area contributed by atoms with Gasteiger partial charge in [-0.2, -0.15) is 13.2 Å². The van der Waals surface area contributed by atoms with Gasteiger partial charge in [0.1, 0.15) is 5.52 Å². The number of carbonyl (C=O) groups is 1. The Morgan fingerprint density at radius 3 is 2.63 bits per heavy atom. The third kappa shape index (κ3) is 2.14. The highest BCUT2D eigenvalue weighted by Crippen LogP contribution is 2.39. The Labute approximate surface area is 108 Å². The van der Waals surface area contributed by atoms with Crippen LogP contribution in [0.15, 0.2) is 12.3 Å². The van der Waals surface area contributed by atoms with Gasteiger partial charge in [-0.25, -0.2) is 8.96 Å². The van der Waals surface area contributed by atoms with Gasteiger partial charge in [0.2, 0.25) is 5.88 Å². The van der Waals surface area contributed by atoms with E-state index in [1.165, 1.54) is 7.11 Å². The fraction of sp³-hybridized carbons (Fsp3) is 0.200. The van der Waals surface area contributed by atoms with E-state index in [1.807, 2.05) is 0 Å². The number of halogens is 4. The minimum Gasteiger partial charge on any atom is -0.479 e. The summed E-state index contributed by atoms with van der Waals surface area (Å²) in [5, 5.41) is -0.341. The van der Waals surface area contributed by atoms with Crippen molar-refractivity contribution in [2.24, 2.45) is 0 Å². The maximum atomic E-state index is 12.8. The lowest BCUT2D eigenvalue weighted by Crippen LogP contribution is -2.07. The molecule has 4 nitrogen and oxygen atoms in total. The summed E-state index contributed by atoms with van der Waals surface area (Å²) in [6.07, 6.45) is -3.82. The number of carbonyl (C=O) groups excluding carboxylic acids is 1. The molecule has 0 spiro atoms. The lowest BCUT2D eigenvalue weighted by molar-refractivity contribution is -0.136. The summed E-state index contributed by atoms with van der Waals surface area (Å²) < 4.78 is 56.8. The first kappa shape index (κ1) is 13.7. The molecule has 2 rings (SSSR count). The van der Waals surface area contributed by atoms with Gasteiger partial charge >= 0.3 is 6.18 Å². The fourth-order valence-corrected chi connectivity index (χ4v) is 2.13. The van der Waals surface area contributed by atoms with E-state index in [9.17, 15) is 21.9 Å². The zero-order valence-corrected chi connectivity index (χ0v) is 10.2. The van der Waals surface area contributed by atoms with Crippen LogP contribution in [0.1, 0.15) is 16.1 Å². The molecule has 0 saturated carbocycles. The number of fused-ring (bicyclic) bond motifs is 1. The summed E-state index contributed by atoms with van der Waals surface area (Å²) in [6.45, 7) is 0. The molecule has 0 unspecified atom stereocenters. The largest absolute Gasteiger partial charge is 0.479 e. The molecule has 0 aliphatic carbocycles. The molecule has 0 bridgehead atoms. The molecule has 0 aromatic carbocycles. The van der Waals surface area contributed by atoms with Crippen LogP contribution >= 0.6 is 12.3 Å². The smallest absolute Gasteiger partial charge is 0.418 e. The van der Waals surface area contributed by atoms with Crippen molar-refractivity contribution in [3.63, 3.8) is 0 Å². The number of rotatable bonds is 3. The van der Waals surface area contributed by atoms with Crippen molar-refractivity contribution in [1.82, 2.24) is 8.96 Å². The van der Waals surface area contributed by atoms with E-state index < -0.39 is 24.1 Å². The summed E-state index contributed by atoms with van der Waals surface area (Å²) in [4.78, 5) is 14.3. The molecule has 2 aromatic heterocycles. The van der Waals surface area contributed by atoms with Gasteiger partial charge in [-0.05, 0) is 6.07 Å². The van der Waals surface area contributed by atoms with Gasteiger partial charge in [0.05, 0.1) is 18.4 Å². The lowest BCUT2D eigenvalue weighted by Gasteiger charge is -2.10. The lowest BCUT2D eigenvalue weighted by atomic mass is 10.1. The van der Waals surface area contributed by atoms with E-state index in [4.69, 9.17) is 4.74 Å². The molecular formula is C10H6F4N2O2S. The normalized spacial score (nSPS) is 11.8. The third-order valence-corrected chi connectivity index (χ3v) is 3.01. The number of ether oxygens (including phenoxy) is 1. The van der Waals surface area contributed by atoms with Crippen LogP contribution in [0.2, 0.25) is 0 Å². The third-order valence-electron chi connectivity index (χ3n) is 2.48. The van der Waals surface area contributed by atoms with Crippen LogP contribution < -0.4 is 4.74 Å². The van der Waals surface area contributed by atoms with Crippen LogP contribution in [0.4, 0.5) is 17.1 Å². The molecule has 2 aromatic rings. The molecule has 0 aliphatic heterocycles. The zero-order valence-electron chi connectivity index (χ0n) is 9.36. The van der Waals surface area contributed by atoms with Crippen molar-refractivity contribution in [2.45, 2.75) is 6.18 Å². The number of alkyl halides is 3. The molecule has 0 saturated heterocycles. The number of pyridine rings is 1. The van der Waals surface area contributed by atoms with Gasteiger partial charge in [0.25, 0.3) is 0 Å². The Kier molecular flexibility index (Phi) is 3.40. The SMILES string of the molecule is COc1ncc(C(F)(F)F)c2cc(C=O)n(SF)c12. The Bertz CT molecular complexity index is 638. The fourth-order valence-electron chi connectivity index (χ4n) is 1.71. The molecule has 9 heteroatoms. The van der Waals surface area contributed by atoms with Gasteiger partial charge in [0.15, 0.2) is 18.6 Å². The van der Waals surface area contributed by atoms with Crippen molar-refractivity contribution in [3.05, 3.63) is 23.5 Å². The van der Waals surface area contributed by atoms with Crippen LogP contribution in [0.5, 0.6) is 5.88 Å². The van der Waals surface area contributed by atoms with Gasteiger partial charge in [-0.15, -0.1) is 3.89 Å². The van der Waals surface area contributed by atoms with E-state index in [2.05, 4.69) is 4.98 Å². The van der Waals surface area contributed by atoms with Crippen LogP contribution in [-0.4, -0.2) is 22.4 Å². The monoisotopic (exact) mass is 294 g/mol. The molecule has 0 N–H and O–H groups in total. The summed E-state index contributed by atoms with van der Waals surface area (Å²) in [6, 6.07) is 0.946. The molecule has 19 heavy (non-hydrogen) atoms. The Hall–Kier alpha value is -1.77. The van der Waals surface area contributed by atoms with Gasteiger partial charge < -0.3 is 4.74 Å². The van der Waals surface area contributed by atoms with Gasteiger partial charge in [0, 0.05) is 11.6 Å². The summed E-state index contributed by atoms with van der Waals surface area (Å²) >= 11 is -0.397. The molecular weight excluding hydrogens is 288 g/mol.